The zero-order chi connectivity index (χ0) is 17.9. The molecule has 0 aliphatic carbocycles. The highest BCUT2D eigenvalue weighted by Crippen LogP contribution is 2.35. The Morgan fingerprint density at radius 1 is 1.04 bits per heavy atom. The second-order valence-electron chi connectivity index (χ2n) is 5.52. The maximum Gasteiger partial charge on any atom is 0.166 e. The molecule has 0 bridgehead atoms. The van der Waals surface area contributed by atoms with Gasteiger partial charge in [0.05, 0.1) is 13.7 Å². The number of hydrogen-bond donors (Lipinski definition) is 3. The van der Waals surface area contributed by atoms with Crippen molar-refractivity contribution in [2.24, 2.45) is 0 Å². The number of methoxy groups -OCH3 is 1. The van der Waals surface area contributed by atoms with E-state index < -0.39 is 0 Å². The summed E-state index contributed by atoms with van der Waals surface area (Å²) >= 11 is 3.52. The van der Waals surface area contributed by atoms with Gasteiger partial charge in [-0.3, -0.25) is 0 Å². The van der Waals surface area contributed by atoms with Crippen molar-refractivity contribution in [3.8, 4) is 11.5 Å². The minimum atomic E-state index is 0.153. The number of hydrogen-bond acceptors (Lipinski definition) is 5. The van der Waals surface area contributed by atoms with E-state index >= 15 is 0 Å². The molecule has 0 atom stereocenters. The van der Waals surface area contributed by atoms with Crippen molar-refractivity contribution in [1.82, 2.24) is 10.6 Å². The molecule has 0 heterocycles. The van der Waals surface area contributed by atoms with Crippen LogP contribution in [0.5, 0.6) is 11.5 Å². The van der Waals surface area contributed by atoms with Gasteiger partial charge in [-0.05, 0) is 17.7 Å². The Hall–Kier alpha value is -1.60. The van der Waals surface area contributed by atoms with Crippen molar-refractivity contribution in [1.29, 1.82) is 0 Å². The van der Waals surface area contributed by atoms with E-state index in [-0.39, 0.29) is 6.61 Å². The average Bonchev–Trinajstić information content (AvgIpc) is 2.64. The number of halogens is 1. The first kappa shape index (κ1) is 19.7. The van der Waals surface area contributed by atoms with E-state index in [2.05, 4.69) is 26.6 Å². The van der Waals surface area contributed by atoms with Crippen LogP contribution in [0.2, 0.25) is 0 Å². The second kappa shape index (κ2) is 11.1. The highest BCUT2D eigenvalue weighted by atomic mass is 79.9. The highest BCUT2D eigenvalue weighted by molar-refractivity contribution is 9.10. The molecular formula is C19H25BrN2O3. The molecule has 3 N–H and O–H groups in total. The van der Waals surface area contributed by atoms with Gasteiger partial charge in [0.15, 0.2) is 11.5 Å². The fraction of sp³-hybridized carbons (Fsp3) is 0.368. The molecule has 0 fully saturated rings. The molecule has 136 valence electrons. The van der Waals surface area contributed by atoms with Gasteiger partial charge in [-0.1, -0.05) is 46.3 Å². The topological polar surface area (TPSA) is 62.8 Å². The smallest absolute Gasteiger partial charge is 0.166 e. The number of aliphatic hydroxyl groups is 1. The molecule has 2 aromatic carbocycles. The van der Waals surface area contributed by atoms with Crippen LogP contribution in [0.4, 0.5) is 0 Å². The third-order valence-corrected chi connectivity index (χ3v) is 4.08. The van der Waals surface area contributed by atoms with Gasteiger partial charge < -0.3 is 25.2 Å². The number of ether oxygens (including phenoxy) is 2. The molecule has 0 spiro atoms. The van der Waals surface area contributed by atoms with Crippen LogP contribution in [0, 0.1) is 0 Å². The molecule has 6 heteroatoms. The van der Waals surface area contributed by atoms with Crippen molar-refractivity contribution >= 4 is 15.9 Å². The van der Waals surface area contributed by atoms with Crippen molar-refractivity contribution in [3.63, 3.8) is 0 Å². The Bertz CT molecular complexity index is 638. The normalized spacial score (nSPS) is 10.7. The molecule has 5 nitrogen and oxygen atoms in total. The van der Waals surface area contributed by atoms with Crippen molar-refractivity contribution in [2.45, 2.75) is 13.2 Å². The molecular weight excluding hydrogens is 384 g/mol. The zero-order valence-electron chi connectivity index (χ0n) is 14.4. The van der Waals surface area contributed by atoms with Crippen molar-refractivity contribution in [2.75, 3.05) is 33.4 Å². The maximum atomic E-state index is 8.76. The standard InChI is InChI=1S/C19H25BrN2O3/c1-24-18-12-17(20)11-16(13-22-8-7-21-9-10-23)19(18)25-14-15-5-3-2-4-6-15/h2-6,11-12,21-23H,7-10,13-14H2,1H3. The molecule has 2 aromatic rings. The van der Waals surface area contributed by atoms with Gasteiger partial charge in [-0.25, -0.2) is 0 Å². The van der Waals surface area contributed by atoms with E-state index in [0.717, 1.165) is 34.4 Å². The van der Waals surface area contributed by atoms with E-state index in [1.165, 1.54) is 0 Å². The Labute approximate surface area is 157 Å². The number of aliphatic hydroxyl groups excluding tert-OH is 1. The van der Waals surface area contributed by atoms with Crippen molar-refractivity contribution in [3.05, 3.63) is 58.1 Å². The van der Waals surface area contributed by atoms with Gasteiger partial charge in [0.25, 0.3) is 0 Å². The van der Waals surface area contributed by atoms with E-state index in [9.17, 15) is 0 Å². The van der Waals surface area contributed by atoms with Gasteiger partial charge in [-0.2, -0.15) is 0 Å². The summed E-state index contributed by atoms with van der Waals surface area (Å²) in [5, 5.41) is 15.3. The molecule has 0 radical (unpaired) electrons. The lowest BCUT2D eigenvalue weighted by Gasteiger charge is -2.16. The molecule has 0 saturated carbocycles. The first-order valence-corrected chi connectivity index (χ1v) is 9.09. The fourth-order valence-electron chi connectivity index (χ4n) is 2.40. The minimum Gasteiger partial charge on any atom is -0.493 e. The van der Waals surface area contributed by atoms with Crippen LogP contribution in [-0.2, 0) is 13.2 Å². The van der Waals surface area contributed by atoms with Gasteiger partial charge in [0.2, 0.25) is 0 Å². The van der Waals surface area contributed by atoms with Crippen LogP contribution in [-0.4, -0.2) is 38.5 Å². The quantitative estimate of drug-likeness (QED) is 0.499. The third-order valence-electron chi connectivity index (χ3n) is 3.63. The van der Waals surface area contributed by atoms with Crippen LogP contribution in [0.1, 0.15) is 11.1 Å². The van der Waals surface area contributed by atoms with Crippen LogP contribution >= 0.6 is 15.9 Å². The summed E-state index contributed by atoms with van der Waals surface area (Å²) in [7, 11) is 1.65. The van der Waals surface area contributed by atoms with Crippen LogP contribution in [0.25, 0.3) is 0 Å². The first-order valence-electron chi connectivity index (χ1n) is 8.30. The number of benzene rings is 2. The van der Waals surface area contributed by atoms with E-state index in [0.29, 0.717) is 25.4 Å². The molecule has 2 rings (SSSR count). The molecule has 0 unspecified atom stereocenters. The molecule has 0 aliphatic heterocycles. The largest absolute Gasteiger partial charge is 0.493 e. The monoisotopic (exact) mass is 408 g/mol. The highest BCUT2D eigenvalue weighted by Gasteiger charge is 2.13. The lowest BCUT2D eigenvalue weighted by molar-refractivity contribution is 0.280. The Morgan fingerprint density at radius 2 is 1.80 bits per heavy atom. The second-order valence-corrected chi connectivity index (χ2v) is 6.44. The predicted octanol–water partition coefficient (Wildman–Crippen LogP) is 2.71. The SMILES string of the molecule is COc1cc(Br)cc(CNCCNCCO)c1OCc1ccccc1. The summed E-state index contributed by atoms with van der Waals surface area (Å²) in [5.41, 5.74) is 2.14. The van der Waals surface area contributed by atoms with Gasteiger partial charge >= 0.3 is 0 Å². The average molecular weight is 409 g/mol. The summed E-state index contributed by atoms with van der Waals surface area (Å²) < 4.78 is 12.5. The van der Waals surface area contributed by atoms with Crippen molar-refractivity contribution < 1.29 is 14.6 Å². The fourth-order valence-corrected chi connectivity index (χ4v) is 2.89. The molecule has 0 amide bonds. The van der Waals surface area contributed by atoms with Crippen LogP contribution in [0.15, 0.2) is 46.9 Å². The van der Waals surface area contributed by atoms with Gasteiger partial charge in [-0.15, -0.1) is 0 Å². The molecule has 0 saturated heterocycles. The summed E-state index contributed by atoms with van der Waals surface area (Å²) in [5.74, 6) is 1.46. The zero-order valence-corrected chi connectivity index (χ0v) is 16.0. The van der Waals surface area contributed by atoms with Gasteiger partial charge in [0, 0.05) is 36.2 Å². The minimum absolute atomic E-state index is 0.153. The van der Waals surface area contributed by atoms with Gasteiger partial charge in [0.1, 0.15) is 6.61 Å². The lowest BCUT2D eigenvalue weighted by atomic mass is 10.1. The Kier molecular flexibility index (Phi) is 8.76. The van der Waals surface area contributed by atoms with Crippen LogP contribution < -0.4 is 20.1 Å². The maximum absolute atomic E-state index is 8.76. The summed E-state index contributed by atoms with van der Waals surface area (Å²) in [6, 6.07) is 14.0. The Morgan fingerprint density at radius 3 is 2.52 bits per heavy atom. The third kappa shape index (κ3) is 6.66. The first-order chi connectivity index (χ1) is 12.2. The van der Waals surface area contributed by atoms with E-state index in [4.69, 9.17) is 14.6 Å². The van der Waals surface area contributed by atoms with Crippen LogP contribution in [0.3, 0.4) is 0 Å². The molecule has 0 aromatic heterocycles. The number of rotatable bonds is 11. The predicted molar refractivity (Wildman–Crippen MR) is 103 cm³/mol. The molecule has 25 heavy (non-hydrogen) atoms. The van der Waals surface area contributed by atoms with E-state index in [1.807, 2.05) is 42.5 Å². The number of nitrogens with one attached hydrogen (secondary N) is 2. The summed E-state index contributed by atoms with van der Waals surface area (Å²) in [6.45, 7) is 3.52. The Balaban J connectivity index is 2.02. The summed E-state index contributed by atoms with van der Waals surface area (Å²) in [4.78, 5) is 0. The lowest BCUT2D eigenvalue weighted by Crippen LogP contribution is -2.28. The summed E-state index contributed by atoms with van der Waals surface area (Å²) in [6.07, 6.45) is 0. The molecule has 0 aliphatic rings. The van der Waals surface area contributed by atoms with E-state index in [1.54, 1.807) is 7.11 Å².